The molecule has 0 aromatic carbocycles. The molecule has 1 aliphatic rings. The second-order valence-electron chi connectivity index (χ2n) is 3.11. The number of rotatable bonds is 0. The van der Waals surface area contributed by atoms with Gasteiger partial charge in [0.15, 0.2) is 0 Å². The van der Waals surface area contributed by atoms with Crippen molar-refractivity contribution in [2.45, 2.75) is 35.8 Å². The number of hydrogen-bond acceptors (Lipinski definition) is 2. The van der Waals surface area contributed by atoms with Crippen LogP contribution in [0.15, 0.2) is 9.79 Å². The Morgan fingerprint density at radius 2 is 1.92 bits per heavy atom. The van der Waals surface area contributed by atoms with Gasteiger partial charge in [-0.1, -0.05) is 0 Å². The van der Waals surface area contributed by atoms with Crippen molar-refractivity contribution in [3.8, 4) is 0 Å². The summed E-state index contributed by atoms with van der Waals surface area (Å²) in [5, 5.41) is 0.811. The Hall–Kier alpha value is 0.699. The molecular weight excluding hydrogens is 251 g/mol. The fraction of sp³-hybridized carbons (Fsp3) is 0.556. The molecule has 0 spiro atoms. The number of fused-ring (bicyclic) bond motifs is 1. The van der Waals surface area contributed by atoms with Crippen LogP contribution in [0.5, 0.6) is 0 Å². The van der Waals surface area contributed by atoms with Gasteiger partial charge in [-0.2, -0.15) is 0 Å². The van der Waals surface area contributed by atoms with Crippen LogP contribution in [0.1, 0.15) is 15.8 Å². The van der Waals surface area contributed by atoms with Crippen LogP contribution >= 0.6 is 23.5 Å². The van der Waals surface area contributed by atoms with Crippen molar-refractivity contribution in [1.29, 1.82) is 0 Å². The van der Waals surface area contributed by atoms with Gasteiger partial charge in [-0.15, -0.1) is 0 Å². The molecule has 1 unspecified atom stereocenters. The van der Waals surface area contributed by atoms with Gasteiger partial charge in [0.25, 0.3) is 0 Å². The Labute approximate surface area is 88.3 Å². The third-order valence-electron chi connectivity index (χ3n) is 1.93. The predicted octanol–water partition coefficient (Wildman–Crippen LogP) is 2.95. The summed E-state index contributed by atoms with van der Waals surface area (Å²) in [7, 11) is 0. The zero-order valence-electron chi connectivity index (χ0n) is 7.51. The van der Waals surface area contributed by atoms with E-state index in [-0.39, 0.29) is 0 Å². The molecule has 0 fully saturated rings. The van der Waals surface area contributed by atoms with Gasteiger partial charge in [-0.05, 0) is 0 Å². The Morgan fingerprint density at radius 3 is 2.67 bits per heavy atom. The van der Waals surface area contributed by atoms with E-state index in [4.69, 9.17) is 0 Å². The molecule has 3 heteroatoms. The maximum atomic E-state index is 2.33. The molecule has 0 bridgehead atoms. The summed E-state index contributed by atoms with van der Waals surface area (Å²) in [5.41, 5.74) is 0. The van der Waals surface area contributed by atoms with Crippen molar-refractivity contribution >= 4 is 38.0 Å². The van der Waals surface area contributed by atoms with Gasteiger partial charge < -0.3 is 0 Å². The van der Waals surface area contributed by atoms with Gasteiger partial charge >= 0.3 is 88.5 Å². The van der Waals surface area contributed by atoms with E-state index in [2.05, 4.69) is 44.3 Å². The number of aryl methyl sites for hydroxylation is 2. The van der Waals surface area contributed by atoms with Gasteiger partial charge in [0.1, 0.15) is 0 Å². The van der Waals surface area contributed by atoms with Crippen LogP contribution in [0.4, 0.5) is 0 Å². The summed E-state index contributed by atoms with van der Waals surface area (Å²) in [4.78, 5) is 3.24. The fourth-order valence-corrected chi connectivity index (χ4v) is 7.08. The van der Waals surface area contributed by atoms with Crippen molar-refractivity contribution in [3.05, 3.63) is 8.87 Å². The first-order valence-electron chi connectivity index (χ1n) is 4.08. The standard InChI is InChI=1S/C9H12S2Se/c1-5-4-10-8-6(2)12-7(3)9(8)11-5/h5H,4H2,1-3H3. The van der Waals surface area contributed by atoms with Crippen LogP contribution in [-0.2, 0) is 0 Å². The quantitative estimate of drug-likeness (QED) is 0.660. The van der Waals surface area contributed by atoms with E-state index < -0.39 is 0 Å². The van der Waals surface area contributed by atoms with Crippen molar-refractivity contribution < 1.29 is 0 Å². The first kappa shape index (κ1) is 9.26. The maximum absolute atomic E-state index is 2.33. The molecule has 0 nitrogen and oxygen atoms in total. The molecule has 12 heavy (non-hydrogen) atoms. The summed E-state index contributed by atoms with van der Waals surface area (Å²) in [5.74, 6) is 1.30. The normalized spacial score (nSPS) is 22.4. The molecule has 2 rings (SSSR count). The molecular formula is C9H12S2Se. The first-order chi connectivity index (χ1) is 5.68. The minimum absolute atomic E-state index is 0.675. The van der Waals surface area contributed by atoms with Gasteiger partial charge in [-0.25, -0.2) is 0 Å². The third-order valence-corrected chi connectivity index (χ3v) is 7.78. The van der Waals surface area contributed by atoms with Crippen molar-refractivity contribution in [2.75, 3.05) is 5.75 Å². The minimum atomic E-state index is 0.675. The van der Waals surface area contributed by atoms with Crippen LogP contribution < -0.4 is 0 Å². The van der Waals surface area contributed by atoms with Crippen molar-refractivity contribution in [2.24, 2.45) is 0 Å². The average molecular weight is 263 g/mol. The predicted molar refractivity (Wildman–Crippen MR) is 58.9 cm³/mol. The van der Waals surface area contributed by atoms with Gasteiger partial charge in [-0.3, -0.25) is 0 Å². The summed E-state index contributed by atoms with van der Waals surface area (Å²) < 4.78 is 3.30. The van der Waals surface area contributed by atoms with Crippen LogP contribution in [0.25, 0.3) is 0 Å². The molecule has 0 N–H and O–H groups in total. The van der Waals surface area contributed by atoms with E-state index in [0.717, 1.165) is 5.25 Å². The van der Waals surface area contributed by atoms with Gasteiger partial charge in [0.2, 0.25) is 0 Å². The van der Waals surface area contributed by atoms with Crippen molar-refractivity contribution in [1.82, 2.24) is 0 Å². The summed E-state index contributed by atoms with van der Waals surface area (Å²) in [6.45, 7) is 6.93. The van der Waals surface area contributed by atoms with Crippen LogP contribution in [0.3, 0.4) is 0 Å². The van der Waals surface area contributed by atoms with Crippen LogP contribution in [0.2, 0.25) is 0 Å². The van der Waals surface area contributed by atoms with E-state index in [1.165, 1.54) is 5.75 Å². The average Bonchev–Trinajstić information content (AvgIpc) is 2.28. The summed E-state index contributed by atoms with van der Waals surface area (Å²) in [6.07, 6.45) is 0. The third kappa shape index (κ3) is 1.52. The van der Waals surface area contributed by atoms with E-state index in [9.17, 15) is 0 Å². The van der Waals surface area contributed by atoms with Crippen molar-refractivity contribution in [3.63, 3.8) is 0 Å². The Kier molecular flexibility index (Phi) is 2.66. The molecule has 0 saturated carbocycles. The van der Waals surface area contributed by atoms with Gasteiger partial charge in [0.05, 0.1) is 0 Å². The van der Waals surface area contributed by atoms with Crippen LogP contribution in [-0.4, -0.2) is 25.5 Å². The molecule has 0 amide bonds. The molecule has 1 aliphatic heterocycles. The summed E-state index contributed by atoms with van der Waals surface area (Å²) >= 11 is 4.83. The molecule has 0 radical (unpaired) electrons. The van der Waals surface area contributed by atoms with E-state index in [0.29, 0.717) is 14.5 Å². The fourth-order valence-electron chi connectivity index (χ4n) is 1.38. The monoisotopic (exact) mass is 264 g/mol. The Balaban J connectivity index is 2.45. The summed E-state index contributed by atoms with van der Waals surface area (Å²) in [6, 6.07) is 0. The molecule has 0 saturated heterocycles. The van der Waals surface area contributed by atoms with Crippen LogP contribution in [0, 0.1) is 13.8 Å². The zero-order chi connectivity index (χ0) is 8.72. The van der Waals surface area contributed by atoms with E-state index >= 15 is 0 Å². The van der Waals surface area contributed by atoms with E-state index in [1.54, 1.807) is 18.7 Å². The van der Waals surface area contributed by atoms with Gasteiger partial charge in [0, 0.05) is 0 Å². The molecule has 2 heterocycles. The SMILES string of the molecule is Cc1[se]c(C)c2c1SCC(C)S2. The molecule has 1 aromatic heterocycles. The molecule has 1 aromatic rings. The first-order valence-corrected chi connectivity index (χ1v) is 7.65. The molecule has 0 aliphatic carbocycles. The molecule has 1 atom stereocenters. The second kappa shape index (κ2) is 3.45. The second-order valence-corrected chi connectivity index (χ2v) is 8.59. The number of hydrogen-bond donors (Lipinski definition) is 0. The zero-order valence-corrected chi connectivity index (χ0v) is 10.9. The number of thioether (sulfide) groups is 2. The van der Waals surface area contributed by atoms with E-state index in [1.807, 2.05) is 0 Å². The Bertz CT molecular complexity index is 304. The molecule has 66 valence electrons. The topological polar surface area (TPSA) is 0 Å². The Morgan fingerprint density at radius 1 is 1.25 bits per heavy atom.